The van der Waals surface area contributed by atoms with Crippen molar-refractivity contribution in [1.82, 2.24) is 4.98 Å². The fourth-order valence-corrected chi connectivity index (χ4v) is 3.11. The molecule has 1 fully saturated rings. The molecule has 2 heterocycles. The van der Waals surface area contributed by atoms with Gasteiger partial charge in [0.1, 0.15) is 11.6 Å². The topological polar surface area (TPSA) is 37.4 Å². The number of ether oxygens (including phenoxy) is 1. The van der Waals surface area contributed by atoms with Crippen molar-refractivity contribution in [3.8, 4) is 5.75 Å². The third kappa shape index (κ3) is 3.53. The first-order chi connectivity index (χ1) is 10.8. The summed E-state index contributed by atoms with van der Waals surface area (Å²) in [6, 6.07) is 12.6. The highest BCUT2D eigenvalue weighted by atomic mass is 79.9. The number of methoxy groups -OCH3 is 1. The number of hydrogen-bond donors (Lipinski definition) is 1. The average Bonchev–Trinajstić information content (AvgIpc) is 2.57. The molecular formula is C17H20BrN3O. The van der Waals surface area contributed by atoms with Crippen molar-refractivity contribution >= 4 is 27.4 Å². The van der Waals surface area contributed by atoms with Crippen LogP contribution in [0.3, 0.4) is 0 Å². The molecule has 0 spiro atoms. The molecule has 4 nitrogen and oxygen atoms in total. The van der Waals surface area contributed by atoms with Crippen LogP contribution >= 0.6 is 15.9 Å². The lowest BCUT2D eigenvalue weighted by Gasteiger charge is -2.35. The molecule has 1 aromatic heterocycles. The van der Waals surface area contributed by atoms with Gasteiger partial charge in [-0.05, 0) is 53.0 Å². The van der Waals surface area contributed by atoms with Crippen LogP contribution in [0.4, 0.5) is 11.5 Å². The Labute approximate surface area is 139 Å². The van der Waals surface area contributed by atoms with Crippen LogP contribution < -0.4 is 15.0 Å². The summed E-state index contributed by atoms with van der Waals surface area (Å²) < 4.78 is 6.48. The van der Waals surface area contributed by atoms with Gasteiger partial charge in [0, 0.05) is 29.8 Å². The van der Waals surface area contributed by atoms with Crippen LogP contribution in [0.15, 0.2) is 47.1 Å². The quantitative estimate of drug-likeness (QED) is 0.894. The first-order valence-corrected chi connectivity index (χ1v) is 8.31. The Morgan fingerprint density at radius 1 is 1.27 bits per heavy atom. The summed E-state index contributed by atoms with van der Waals surface area (Å²) in [5, 5.41) is 3.53. The molecule has 1 aliphatic rings. The smallest absolute Gasteiger partial charge is 0.142 e. The number of halogens is 1. The standard InChI is InChI=1S/C17H20BrN3O/c1-22-16-7-3-2-6-15(16)21-10-4-5-14(12-21)20-17-9-8-13(18)11-19-17/h2-3,6-9,11,14H,4-5,10,12H2,1H3,(H,19,20). The summed E-state index contributed by atoms with van der Waals surface area (Å²) in [4.78, 5) is 6.79. The van der Waals surface area contributed by atoms with E-state index >= 15 is 0 Å². The Kier molecular flexibility index (Phi) is 4.83. The number of piperidine rings is 1. The Morgan fingerprint density at radius 3 is 2.91 bits per heavy atom. The predicted octanol–water partition coefficient (Wildman–Crippen LogP) is 3.93. The van der Waals surface area contributed by atoms with Gasteiger partial charge in [0.2, 0.25) is 0 Å². The van der Waals surface area contributed by atoms with E-state index in [1.807, 2.05) is 30.5 Å². The van der Waals surface area contributed by atoms with Gasteiger partial charge in [0.25, 0.3) is 0 Å². The van der Waals surface area contributed by atoms with Crippen molar-refractivity contribution < 1.29 is 4.74 Å². The van der Waals surface area contributed by atoms with E-state index in [4.69, 9.17) is 4.74 Å². The first-order valence-electron chi connectivity index (χ1n) is 7.52. The van der Waals surface area contributed by atoms with Crippen molar-refractivity contribution in [1.29, 1.82) is 0 Å². The summed E-state index contributed by atoms with van der Waals surface area (Å²) in [5.74, 6) is 1.86. The molecular weight excluding hydrogens is 342 g/mol. The molecule has 22 heavy (non-hydrogen) atoms. The summed E-state index contributed by atoms with van der Waals surface area (Å²) in [6.45, 7) is 2.02. The highest BCUT2D eigenvalue weighted by molar-refractivity contribution is 9.10. The number of benzene rings is 1. The molecule has 1 unspecified atom stereocenters. The van der Waals surface area contributed by atoms with Crippen LogP contribution in [-0.4, -0.2) is 31.2 Å². The number of pyridine rings is 1. The molecule has 5 heteroatoms. The average molecular weight is 362 g/mol. The zero-order chi connectivity index (χ0) is 15.4. The maximum atomic E-state index is 5.49. The van der Waals surface area contributed by atoms with Gasteiger partial charge in [0.15, 0.2) is 0 Å². The van der Waals surface area contributed by atoms with Gasteiger partial charge in [-0.25, -0.2) is 4.98 Å². The minimum atomic E-state index is 0.396. The molecule has 2 aromatic rings. The number of anilines is 2. The van der Waals surface area contributed by atoms with E-state index in [2.05, 4.69) is 43.3 Å². The monoisotopic (exact) mass is 361 g/mol. The molecule has 3 rings (SSSR count). The minimum absolute atomic E-state index is 0.396. The maximum Gasteiger partial charge on any atom is 0.142 e. The third-order valence-corrected chi connectivity index (χ3v) is 4.40. The number of para-hydroxylation sites is 2. The van der Waals surface area contributed by atoms with Gasteiger partial charge >= 0.3 is 0 Å². The summed E-state index contributed by atoms with van der Waals surface area (Å²) >= 11 is 3.41. The Balaban J connectivity index is 1.70. The number of hydrogen-bond acceptors (Lipinski definition) is 4. The second kappa shape index (κ2) is 7.01. The van der Waals surface area contributed by atoms with Gasteiger partial charge in [-0.2, -0.15) is 0 Å². The third-order valence-electron chi connectivity index (χ3n) is 3.93. The van der Waals surface area contributed by atoms with Gasteiger partial charge in [-0.15, -0.1) is 0 Å². The summed E-state index contributed by atoms with van der Waals surface area (Å²) in [6.07, 6.45) is 4.14. The molecule has 116 valence electrons. The van der Waals surface area contributed by atoms with Gasteiger partial charge in [-0.3, -0.25) is 0 Å². The Hall–Kier alpha value is -1.75. The Bertz CT molecular complexity index is 618. The highest BCUT2D eigenvalue weighted by Gasteiger charge is 2.22. The zero-order valence-electron chi connectivity index (χ0n) is 12.6. The molecule has 0 radical (unpaired) electrons. The number of nitrogens with one attached hydrogen (secondary N) is 1. The van der Waals surface area contributed by atoms with Crippen LogP contribution in [0.25, 0.3) is 0 Å². The fraction of sp³-hybridized carbons (Fsp3) is 0.353. The first kappa shape index (κ1) is 15.2. The molecule has 0 amide bonds. The van der Waals surface area contributed by atoms with Crippen LogP contribution in [0.5, 0.6) is 5.75 Å². The van der Waals surface area contributed by atoms with Crippen LogP contribution in [0.1, 0.15) is 12.8 Å². The van der Waals surface area contributed by atoms with E-state index in [-0.39, 0.29) is 0 Å². The van der Waals surface area contributed by atoms with E-state index < -0.39 is 0 Å². The predicted molar refractivity (Wildman–Crippen MR) is 93.8 cm³/mol. The fourth-order valence-electron chi connectivity index (χ4n) is 2.88. The Morgan fingerprint density at radius 2 is 2.14 bits per heavy atom. The summed E-state index contributed by atoms with van der Waals surface area (Å²) in [7, 11) is 1.73. The van der Waals surface area contributed by atoms with Crippen LogP contribution in [0, 0.1) is 0 Å². The van der Waals surface area contributed by atoms with Crippen molar-refractivity contribution in [3.63, 3.8) is 0 Å². The lowest BCUT2D eigenvalue weighted by atomic mass is 10.0. The second-order valence-corrected chi connectivity index (χ2v) is 6.38. The zero-order valence-corrected chi connectivity index (χ0v) is 14.2. The molecule has 1 atom stereocenters. The van der Waals surface area contributed by atoms with Crippen molar-refractivity contribution in [2.24, 2.45) is 0 Å². The van der Waals surface area contributed by atoms with Crippen molar-refractivity contribution in [3.05, 3.63) is 47.1 Å². The molecule has 1 aliphatic heterocycles. The van der Waals surface area contributed by atoms with Crippen LogP contribution in [0.2, 0.25) is 0 Å². The largest absolute Gasteiger partial charge is 0.495 e. The normalized spacial score (nSPS) is 18.1. The molecule has 1 N–H and O–H groups in total. The van der Waals surface area contributed by atoms with E-state index in [0.29, 0.717) is 6.04 Å². The van der Waals surface area contributed by atoms with Crippen molar-refractivity contribution in [2.45, 2.75) is 18.9 Å². The van der Waals surface area contributed by atoms with E-state index in [0.717, 1.165) is 42.0 Å². The maximum absolute atomic E-state index is 5.49. The minimum Gasteiger partial charge on any atom is -0.495 e. The SMILES string of the molecule is COc1ccccc1N1CCCC(Nc2ccc(Br)cn2)C1. The van der Waals surface area contributed by atoms with Gasteiger partial charge in [-0.1, -0.05) is 12.1 Å². The molecule has 0 saturated carbocycles. The molecule has 1 aromatic carbocycles. The van der Waals surface area contributed by atoms with Gasteiger partial charge in [0.05, 0.1) is 12.8 Å². The highest BCUT2D eigenvalue weighted by Crippen LogP contribution is 2.30. The number of rotatable bonds is 4. The second-order valence-electron chi connectivity index (χ2n) is 5.46. The molecule has 1 saturated heterocycles. The van der Waals surface area contributed by atoms with E-state index in [1.165, 1.54) is 5.69 Å². The lowest BCUT2D eigenvalue weighted by molar-refractivity contribution is 0.411. The van der Waals surface area contributed by atoms with Gasteiger partial charge < -0.3 is 15.0 Å². The van der Waals surface area contributed by atoms with E-state index in [1.54, 1.807) is 7.11 Å². The summed E-state index contributed by atoms with van der Waals surface area (Å²) in [5.41, 5.74) is 1.17. The molecule has 0 aliphatic carbocycles. The van der Waals surface area contributed by atoms with E-state index in [9.17, 15) is 0 Å². The molecule has 0 bridgehead atoms. The van der Waals surface area contributed by atoms with Crippen LogP contribution in [-0.2, 0) is 0 Å². The lowest BCUT2D eigenvalue weighted by Crippen LogP contribution is -2.42. The number of nitrogens with zero attached hydrogens (tertiary/aromatic N) is 2. The van der Waals surface area contributed by atoms with Crippen molar-refractivity contribution in [2.75, 3.05) is 30.4 Å². The number of aromatic nitrogens is 1.